The number of carbonyl (C=O) groups excluding carboxylic acids is 1. The summed E-state index contributed by atoms with van der Waals surface area (Å²) in [7, 11) is -4.15. The number of rotatable bonds is 12. The maximum absolute atomic E-state index is 13.6. The largest absolute Gasteiger partial charge is 0.530 e. The zero-order valence-corrected chi connectivity index (χ0v) is 24.5. The van der Waals surface area contributed by atoms with Crippen LogP contribution in [-0.4, -0.2) is 28.8 Å². The SMILES string of the molecule is CC(C)(C)OC(=O)N[C@@H](Cc1ccc(OP(=O)(OCc2cccc(Cl)c2)OCc2cccc(Cl)c2)cc1)C(=O)O. The third-order valence-corrected chi connectivity index (χ3v) is 6.92. The predicted molar refractivity (Wildman–Crippen MR) is 152 cm³/mol. The molecule has 3 aromatic carbocycles. The molecule has 0 unspecified atom stereocenters. The first-order chi connectivity index (χ1) is 18.8. The van der Waals surface area contributed by atoms with Crippen LogP contribution in [0.1, 0.15) is 37.5 Å². The van der Waals surface area contributed by atoms with E-state index >= 15 is 0 Å². The Bertz CT molecular complexity index is 1310. The standard InChI is InChI=1S/C28H30Cl2NO8P/c1-28(2,3)38-27(34)31-25(26(32)33)16-19-10-12-24(13-11-19)39-40(35,36-17-20-6-4-8-22(29)14-20)37-18-21-7-5-9-23(30)15-21/h4-15,25H,16-18H2,1-3H3,(H,31,34)(H,32,33)/t25-/m0/s1. The van der Waals surface area contributed by atoms with Crippen molar-refractivity contribution in [3.8, 4) is 5.75 Å². The second kappa shape index (κ2) is 14.0. The molecule has 0 aliphatic heterocycles. The van der Waals surface area contributed by atoms with Crippen molar-refractivity contribution in [2.75, 3.05) is 0 Å². The van der Waals surface area contributed by atoms with Gasteiger partial charge in [-0.1, -0.05) is 59.6 Å². The van der Waals surface area contributed by atoms with Crippen molar-refractivity contribution in [3.05, 3.63) is 99.5 Å². The van der Waals surface area contributed by atoms with Crippen LogP contribution in [0.3, 0.4) is 0 Å². The van der Waals surface area contributed by atoms with Gasteiger partial charge in [0.05, 0.1) is 13.2 Å². The van der Waals surface area contributed by atoms with Gasteiger partial charge >= 0.3 is 19.9 Å². The highest BCUT2D eigenvalue weighted by molar-refractivity contribution is 7.48. The van der Waals surface area contributed by atoms with Gasteiger partial charge in [0.25, 0.3) is 0 Å². The zero-order chi connectivity index (χ0) is 29.3. The van der Waals surface area contributed by atoms with Gasteiger partial charge < -0.3 is 19.7 Å². The Morgan fingerprint density at radius 1 is 0.875 bits per heavy atom. The number of halogens is 2. The lowest BCUT2D eigenvalue weighted by Crippen LogP contribution is -2.44. The number of amides is 1. The Kier molecular flexibility index (Phi) is 11.0. The van der Waals surface area contributed by atoms with Crippen molar-refractivity contribution in [1.82, 2.24) is 5.32 Å². The highest BCUT2D eigenvalue weighted by Gasteiger charge is 2.30. The molecule has 3 aromatic rings. The highest BCUT2D eigenvalue weighted by atomic mass is 35.5. The summed E-state index contributed by atoms with van der Waals surface area (Å²) in [6.45, 7) is 4.84. The first-order valence-corrected chi connectivity index (χ1v) is 14.4. The Morgan fingerprint density at radius 3 is 1.85 bits per heavy atom. The van der Waals surface area contributed by atoms with Gasteiger partial charge in [0.2, 0.25) is 0 Å². The number of phosphoric acid groups is 1. The second-order valence-corrected chi connectivity index (χ2v) is 12.2. The van der Waals surface area contributed by atoms with E-state index in [0.717, 1.165) is 0 Å². The molecule has 40 heavy (non-hydrogen) atoms. The summed E-state index contributed by atoms with van der Waals surface area (Å²) in [5, 5.41) is 12.9. The number of carboxylic acid groups (broad SMARTS) is 1. The van der Waals surface area contributed by atoms with E-state index in [4.69, 9.17) is 41.5 Å². The molecule has 2 N–H and O–H groups in total. The van der Waals surface area contributed by atoms with E-state index in [9.17, 15) is 19.3 Å². The minimum absolute atomic E-state index is 0.0248. The van der Waals surface area contributed by atoms with E-state index in [1.165, 1.54) is 12.1 Å². The summed E-state index contributed by atoms with van der Waals surface area (Å²) in [5.74, 6) is -1.06. The molecule has 1 amide bonds. The van der Waals surface area contributed by atoms with E-state index in [2.05, 4.69) is 5.32 Å². The summed E-state index contributed by atoms with van der Waals surface area (Å²) in [6.07, 6.45) is -0.863. The van der Waals surface area contributed by atoms with Crippen LogP contribution in [0, 0.1) is 0 Å². The molecule has 0 bridgehead atoms. The van der Waals surface area contributed by atoms with Crippen molar-refractivity contribution in [2.45, 2.75) is 52.0 Å². The Labute approximate surface area is 242 Å². The van der Waals surface area contributed by atoms with Crippen LogP contribution in [0.5, 0.6) is 5.75 Å². The van der Waals surface area contributed by atoms with Crippen molar-refractivity contribution in [2.24, 2.45) is 0 Å². The van der Waals surface area contributed by atoms with Crippen molar-refractivity contribution in [3.63, 3.8) is 0 Å². The third kappa shape index (κ3) is 10.8. The topological polar surface area (TPSA) is 120 Å². The fourth-order valence-electron chi connectivity index (χ4n) is 3.35. The monoisotopic (exact) mass is 609 g/mol. The van der Waals surface area contributed by atoms with Gasteiger partial charge in [-0.25, -0.2) is 14.2 Å². The van der Waals surface area contributed by atoms with E-state index in [1.54, 1.807) is 81.4 Å². The molecule has 0 saturated carbocycles. The molecule has 0 radical (unpaired) electrons. The first-order valence-electron chi connectivity index (χ1n) is 12.2. The van der Waals surface area contributed by atoms with Crippen LogP contribution >= 0.6 is 31.0 Å². The van der Waals surface area contributed by atoms with E-state index in [1.807, 2.05) is 0 Å². The number of aliphatic carboxylic acids is 1. The Hall–Kier alpha value is -3.07. The molecule has 3 rings (SSSR count). The van der Waals surface area contributed by atoms with Crippen LogP contribution < -0.4 is 9.84 Å². The fraction of sp³-hybridized carbons (Fsp3) is 0.286. The molecule has 0 aliphatic rings. The molecule has 0 aliphatic carbocycles. The minimum Gasteiger partial charge on any atom is -0.480 e. The predicted octanol–water partition coefficient (Wildman–Crippen LogP) is 7.43. The third-order valence-electron chi connectivity index (χ3n) is 5.13. The number of hydrogen-bond acceptors (Lipinski definition) is 7. The van der Waals surface area contributed by atoms with Crippen LogP contribution in [0.15, 0.2) is 72.8 Å². The molecule has 1 atom stereocenters. The molecule has 214 valence electrons. The van der Waals surface area contributed by atoms with Gasteiger partial charge in [-0.05, 0) is 73.9 Å². The first kappa shape index (κ1) is 31.5. The molecule has 0 aromatic heterocycles. The van der Waals surface area contributed by atoms with Gasteiger partial charge in [-0.3, -0.25) is 9.05 Å². The normalized spacial score (nSPS) is 12.4. The zero-order valence-electron chi connectivity index (χ0n) is 22.1. The van der Waals surface area contributed by atoms with E-state index in [0.29, 0.717) is 26.7 Å². The minimum atomic E-state index is -4.15. The number of carboxylic acids is 1. The van der Waals surface area contributed by atoms with Crippen molar-refractivity contribution >= 4 is 43.1 Å². The van der Waals surface area contributed by atoms with Crippen LogP contribution in [0.25, 0.3) is 0 Å². The molecule has 0 heterocycles. The number of hydrogen-bond donors (Lipinski definition) is 2. The molecule has 12 heteroatoms. The number of carbonyl (C=O) groups is 2. The number of nitrogens with one attached hydrogen (secondary N) is 1. The van der Waals surface area contributed by atoms with Gasteiger partial charge in [-0.2, -0.15) is 0 Å². The Balaban J connectivity index is 1.71. The lowest BCUT2D eigenvalue weighted by molar-refractivity contribution is -0.139. The average Bonchev–Trinajstić information content (AvgIpc) is 2.86. The molecular weight excluding hydrogens is 580 g/mol. The number of ether oxygens (including phenoxy) is 1. The van der Waals surface area contributed by atoms with Crippen LogP contribution in [0.4, 0.5) is 4.79 Å². The summed E-state index contributed by atoms with van der Waals surface area (Å²) in [6, 6.07) is 18.7. The quantitative estimate of drug-likeness (QED) is 0.203. The lowest BCUT2D eigenvalue weighted by atomic mass is 10.1. The molecular formula is C28H30Cl2NO8P. The van der Waals surface area contributed by atoms with Crippen LogP contribution in [0.2, 0.25) is 10.0 Å². The molecule has 0 fully saturated rings. The summed E-state index contributed by atoms with van der Waals surface area (Å²) in [4.78, 5) is 23.7. The van der Waals surface area contributed by atoms with E-state index in [-0.39, 0.29) is 25.4 Å². The van der Waals surface area contributed by atoms with Crippen LogP contribution in [-0.2, 0) is 42.8 Å². The van der Waals surface area contributed by atoms with Crippen molar-refractivity contribution < 1.29 is 37.6 Å². The molecule has 0 spiro atoms. The molecule has 9 nitrogen and oxygen atoms in total. The average molecular weight is 610 g/mol. The highest BCUT2D eigenvalue weighted by Crippen LogP contribution is 2.51. The van der Waals surface area contributed by atoms with Gasteiger partial charge in [0.1, 0.15) is 17.4 Å². The molecule has 0 saturated heterocycles. The maximum Gasteiger partial charge on any atom is 0.530 e. The smallest absolute Gasteiger partial charge is 0.480 e. The lowest BCUT2D eigenvalue weighted by Gasteiger charge is -2.22. The Morgan fingerprint density at radius 2 is 1.40 bits per heavy atom. The van der Waals surface area contributed by atoms with Gasteiger partial charge in [0.15, 0.2) is 0 Å². The number of phosphoric ester groups is 1. The fourth-order valence-corrected chi connectivity index (χ4v) is 4.95. The van der Waals surface area contributed by atoms with Gasteiger partial charge in [-0.15, -0.1) is 0 Å². The summed E-state index contributed by atoms with van der Waals surface area (Å²) < 4.78 is 35.7. The summed E-state index contributed by atoms with van der Waals surface area (Å²) in [5.41, 5.74) is 1.12. The van der Waals surface area contributed by atoms with Crippen molar-refractivity contribution in [1.29, 1.82) is 0 Å². The number of benzene rings is 3. The summed E-state index contributed by atoms with van der Waals surface area (Å²) >= 11 is 12.1. The second-order valence-electron chi connectivity index (χ2n) is 9.73. The van der Waals surface area contributed by atoms with Gasteiger partial charge in [0, 0.05) is 16.5 Å². The maximum atomic E-state index is 13.6. The number of alkyl carbamates (subject to hydrolysis) is 1. The van der Waals surface area contributed by atoms with E-state index < -0.39 is 31.5 Å².